The highest BCUT2D eigenvalue weighted by atomic mass is 16.5. The smallest absolute Gasteiger partial charge is 0.259 e. The van der Waals surface area contributed by atoms with Crippen LogP contribution < -0.4 is 5.56 Å². The van der Waals surface area contributed by atoms with Crippen molar-refractivity contribution in [2.45, 2.75) is 32.1 Å². The number of carbonyl (C=O) groups excluding carboxylic acids is 1. The molecule has 0 radical (unpaired) electrons. The number of piperidine rings is 1. The first kappa shape index (κ1) is 15.1. The molecule has 2 atom stereocenters. The summed E-state index contributed by atoms with van der Waals surface area (Å²) in [6.45, 7) is 3.65. The minimum Gasteiger partial charge on any atom is -0.342 e. The molecule has 2 aliphatic rings. The first-order valence-electron chi connectivity index (χ1n) is 8.43. The van der Waals surface area contributed by atoms with Gasteiger partial charge < -0.3 is 14.4 Å². The highest BCUT2D eigenvalue weighted by Gasteiger charge is 2.42. The third kappa shape index (κ3) is 2.86. The molecule has 1 amide bonds. The summed E-state index contributed by atoms with van der Waals surface area (Å²) in [6.07, 6.45) is 4.32. The number of H-pyrrole nitrogens is 1. The van der Waals surface area contributed by atoms with Gasteiger partial charge >= 0.3 is 0 Å². The van der Waals surface area contributed by atoms with Crippen molar-refractivity contribution in [1.29, 1.82) is 0 Å². The molecule has 4 rings (SSSR count). The standard InChI is InChI=1S/C17H20N4O3/c1-10-8-13(10)17(23)21-6-4-11(5-7-21)15-19-16(24-20-15)12-2-3-14(22)18-9-12/h2-3,9-11,13H,4-8H2,1H3,(H,18,22)/t10-,13-/m1/s1. The van der Waals surface area contributed by atoms with Crippen molar-refractivity contribution in [2.24, 2.45) is 11.8 Å². The van der Waals surface area contributed by atoms with Crippen molar-refractivity contribution < 1.29 is 9.32 Å². The molecule has 1 saturated carbocycles. The average Bonchev–Trinajstić information content (AvgIpc) is 3.13. The molecule has 1 aliphatic carbocycles. The van der Waals surface area contributed by atoms with Gasteiger partial charge in [0.05, 0.1) is 5.56 Å². The number of amides is 1. The number of aromatic amines is 1. The third-order valence-corrected chi connectivity index (χ3v) is 5.07. The van der Waals surface area contributed by atoms with E-state index in [1.54, 1.807) is 12.3 Å². The Hall–Kier alpha value is -2.44. The van der Waals surface area contributed by atoms with Crippen LogP contribution in [0.15, 0.2) is 27.6 Å². The Morgan fingerprint density at radius 1 is 1.33 bits per heavy atom. The summed E-state index contributed by atoms with van der Waals surface area (Å²) in [7, 11) is 0. The van der Waals surface area contributed by atoms with E-state index >= 15 is 0 Å². The molecule has 0 bridgehead atoms. The maximum atomic E-state index is 12.3. The van der Waals surface area contributed by atoms with Crippen LogP contribution in [0, 0.1) is 11.8 Å². The molecule has 1 saturated heterocycles. The first-order valence-corrected chi connectivity index (χ1v) is 8.43. The number of likely N-dealkylation sites (tertiary alicyclic amines) is 1. The van der Waals surface area contributed by atoms with Crippen molar-refractivity contribution in [3.63, 3.8) is 0 Å². The Labute approximate surface area is 139 Å². The van der Waals surface area contributed by atoms with E-state index in [9.17, 15) is 9.59 Å². The molecule has 2 fully saturated rings. The number of pyridine rings is 1. The van der Waals surface area contributed by atoms with E-state index in [-0.39, 0.29) is 17.4 Å². The lowest BCUT2D eigenvalue weighted by Crippen LogP contribution is -2.39. The molecule has 0 unspecified atom stereocenters. The number of carbonyl (C=O) groups is 1. The molecule has 2 aromatic heterocycles. The molecule has 0 spiro atoms. The molecule has 126 valence electrons. The monoisotopic (exact) mass is 328 g/mol. The van der Waals surface area contributed by atoms with Gasteiger partial charge in [0.15, 0.2) is 5.82 Å². The number of hydrogen-bond acceptors (Lipinski definition) is 5. The van der Waals surface area contributed by atoms with Crippen molar-refractivity contribution >= 4 is 5.91 Å². The molecule has 0 aromatic carbocycles. The Morgan fingerprint density at radius 2 is 2.08 bits per heavy atom. The lowest BCUT2D eigenvalue weighted by Gasteiger charge is -2.30. The topological polar surface area (TPSA) is 92.1 Å². The zero-order valence-electron chi connectivity index (χ0n) is 13.6. The molecular formula is C17H20N4O3. The van der Waals surface area contributed by atoms with E-state index in [1.165, 1.54) is 6.07 Å². The van der Waals surface area contributed by atoms with E-state index in [1.807, 2.05) is 4.90 Å². The molecular weight excluding hydrogens is 308 g/mol. The van der Waals surface area contributed by atoms with Gasteiger partial charge in [-0.1, -0.05) is 12.1 Å². The fraction of sp³-hybridized carbons (Fsp3) is 0.529. The van der Waals surface area contributed by atoms with Crippen molar-refractivity contribution in [1.82, 2.24) is 20.0 Å². The predicted molar refractivity (Wildman–Crippen MR) is 86.2 cm³/mol. The Morgan fingerprint density at radius 3 is 2.71 bits per heavy atom. The van der Waals surface area contributed by atoms with Crippen LogP contribution in [0.3, 0.4) is 0 Å². The molecule has 7 nitrogen and oxygen atoms in total. The summed E-state index contributed by atoms with van der Waals surface area (Å²) in [5.74, 6) is 2.41. The molecule has 3 heterocycles. The average molecular weight is 328 g/mol. The summed E-state index contributed by atoms with van der Waals surface area (Å²) < 4.78 is 5.32. The minimum absolute atomic E-state index is 0.166. The number of rotatable bonds is 3. The number of nitrogens with one attached hydrogen (secondary N) is 1. The molecule has 1 aliphatic heterocycles. The molecule has 24 heavy (non-hydrogen) atoms. The lowest BCUT2D eigenvalue weighted by atomic mass is 9.96. The van der Waals surface area contributed by atoms with Gasteiger partial charge in [-0.2, -0.15) is 4.98 Å². The maximum absolute atomic E-state index is 12.3. The summed E-state index contributed by atoms with van der Waals surface area (Å²) in [6, 6.07) is 3.09. The lowest BCUT2D eigenvalue weighted by molar-refractivity contribution is -0.133. The zero-order valence-corrected chi connectivity index (χ0v) is 13.6. The van der Waals surface area contributed by atoms with Gasteiger partial charge in [-0.05, 0) is 31.2 Å². The van der Waals surface area contributed by atoms with E-state index in [2.05, 4.69) is 22.0 Å². The van der Waals surface area contributed by atoms with Crippen LogP contribution in [-0.4, -0.2) is 39.0 Å². The van der Waals surface area contributed by atoms with Crippen molar-refractivity contribution in [2.75, 3.05) is 13.1 Å². The zero-order chi connectivity index (χ0) is 16.7. The van der Waals surface area contributed by atoms with Gasteiger partial charge in [0.25, 0.3) is 5.89 Å². The Balaban J connectivity index is 1.40. The third-order valence-electron chi connectivity index (χ3n) is 5.07. The van der Waals surface area contributed by atoms with Gasteiger partial charge in [-0.3, -0.25) is 9.59 Å². The fourth-order valence-electron chi connectivity index (χ4n) is 3.32. The van der Waals surface area contributed by atoms with Gasteiger partial charge in [0, 0.05) is 37.2 Å². The highest BCUT2D eigenvalue weighted by Crippen LogP contribution is 2.40. The maximum Gasteiger partial charge on any atom is 0.259 e. The van der Waals surface area contributed by atoms with Crippen LogP contribution >= 0.6 is 0 Å². The molecule has 2 aromatic rings. The quantitative estimate of drug-likeness (QED) is 0.927. The van der Waals surface area contributed by atoms with E-state index in [4.69, 9.17) is 4.52 Å². The Bertz CT molecular complexity index is 784. The highest BCUT2D eigenvalue weighted by molar-refractivity contribution is 5.81. The van der Waals surface area contributed by atoms with Gasteiger partial charge in [0.2, 0.25) is 11.5 Å². The molecule has 7 heteroatoms. The summed E-state index contributed by atoms with van der Waals surface area (Å²) in [5, 5.41) is 4.09. The number of hydrogen-bond donors (Lipinski definition) is 1. The number of aromatic nitrogens is 3. The summed E-state index contributed by atoms with van der Waals surface area (Å²) in [5.41, 5.74) is 0.532. The first-order chi connectivity index (χ1) is 11.6. The van der Waals surface area contributed by atoms with Crippen LogP contribution in [0.25, 0.3) is 11.5 Å². The van der Waals surface area contributed by atoms with Crippen LogP contribution in [0.2, 0.25) is 0 Å². The molecule has 1 N–H and O–H groups in total. The second kappa shape index (κ2) is 5.89. The van der Waals surface area contributed by atoms with Crippen LogP contribution in [0.1, 0.15) is 37.9 Å². The minimum atomic E-state index is -0.166. The largest absolute Gasteiger partial charge is 0.342 e. The van der Waals surface area contributed by atoms with Gasteiger partial charge in [-0.25, -0.2) is 0 Å². The normalized spacial score (nSPS) is 24.1. The van der Waals surface area contributed by atoms with Crippen LogP contribution in [0.4, 0.5) is 0 Å². The Kier molecular flexibility index (Phi) is 3.70. The summed E-state index contributed by atoms with van der Waals surface area (Å²) >= 11 is 0. The fourth-order valence-corrected chi connectivity index (χ4v) is 3.32. The van der Waals surface area contributed by atoms with Crippen molar-refractivity contribution in [3.8, 4) is 11.5 Å². The van der Waals surface area contributed by atoms with Crippen molar-refractivity contribution in [3.05, 3.63) is 34.5 Å². The second-order valence-corrected chi connectivity index (χ2v) is 6.82. The SMILES string of the molecule is C[C@@H]1C[C@H]1C(=O)N1CCC(c2noc(-c3ccc(=O)[nH]c3)n2)CC1. The summed E-state index contributed by atoms with van der Waals surface area (Å²) in [4.78, 5) is 32.4. The van der Waals surface area contributed by atoms with Crippen LogP contribution in [-0.2, 0) is 4.79 Å². The van der Waals surface area contributed by atoms with Gasteiger partial charge in [-0.15, -0.1) is 0 Å². The predicted octanol–water partition coefficient (Wildman–Crippen LogP) is 1.79. The second-order valence-electron chi connectivity index (χ2n) is 6.82. The van der Waals surface area contributed by atoms with E-state index < -0.39 is 0 Å². The van der Waals surface area contributed by atoms with E-state index in [0.717, 1.165) is 32.4 Å². The van der Waals surface area contributed by atoms with Crippen LogP contribution in [0.5, 0.6) is 0 Å². The van der Waals surface area contributed by atoms with Gasteiger partial charge in [0.1, 0.15) is 0 Å². The van der Waals surface area contributed by atoms with E-state index in [0.29, 0.717) is 29.1 Å². The number of nitrogens with zero attached hydrogens (tertiary/aromatic N) is 3.